The van der Waals surface area contributed by atoms with Crippen molar-refractivity contribution in [2.24, 2.45) is 0 Å². The molecule has 1 saturated carbocycles. The largest absolute Gasteiger partial charge is 0.382 e. The van der Waals surface area contributed by atoms with Crippen molar-refractivity contribution >= 4 is 5.69 Å². The number of aryl methyl sites for hydroxylation is 1. The first-order chi connectivity index (χ1) is 6.90. The number of para-hydroxylation sites is 1. The van der Waals surface area contributed by atoms with Crippen molar-refractivity contribution in [1.29, 1.82) is 0 Å². The monoisotopic (exact) mass is 189 g/mol. The molecule has 76 valence electrons. The first-order valence-electron chi connectivity index (χ1n) is 5.74. The van der Waals surface area contributed by atoms with E-state index in [1.165, 1.54) is 43.4 Å². The van der Waals surface area contributed by atoms with Gasteiger partial charge < -0.3 is 5.32 Å². The molecule has 0 atom stereocenters. The molecule has 1 fully saturated rings. The van der Waals surface area contributed by atoms with Gasteiger partial charge in [-0.15, -0.1) is 0 Å². The maximum atomic E-state index is 3.63. The van der Waals surface area contributed by atoms with E-state index < -0.39 is 0 Å². The zero-order chi connectivity index (χ0) is 9.80. The number of nitrogens with one attached hydrogen (secondary N) is 1. The minimum Gasteiger partial charge on any atom is -0.382 e. The SMILES string of the molecule is CCCc1ccccc1NC1CCC1. The van der Waals surface area contributed by atoms with Gasteiger partial charge in [0.15, 0.2) is 0 Å². The molecule has 14 heavy (non-hydrogen) atoms. The summed E-state index contributed by atoms with van der Waals surface area (Å²) < 4.78 is 0. The molecule has 0 spiro atoms. The van der Waals surface area contributed by atoms with Crippen molar-refractivity contribution in [2.75, 3.05) is 5.32 Å². The van der Waals surface area contributed by atoms with Crippen LogP contribution in [0.25, 0.3) is 0 Å². The Bertz CT molecular complexity index is 289. The minimum atomic E-state index is 0.744. The van der Waals surface area contributed by atoms with Gasteiger partial charge in [-0.25, -0.2) is 0 Å². The lowest BCUT2D eigenvalue weighted by Gasteiger charge is -2.28. The highest BCUT2D eigenvalue weighted by Gasteiger charge is 2.17. The third-order valence-electron chi connectivity index (χ3n) is 3.00. The third kappa shape index (κ3) is 2.09. The summed E-state index contributed by atoms with van der Waals surface area (Å²) in [5, 5.41) is 3.63. The Morgan fingerprint density at radius 1 is 1.29 bits per heavy atom. The zero-order valence-electron chi connectivity index (χ0n) is 8.92. The van der Waals surface area contributed by atoms with E-state index in [1.54, 1.807) is 0 Å². The van der Waals surface area contributed by atoms with Crippen LogP contribution in [0.15, 0.2) is 24.3 Å². The summed E-state index contributed by atoms with van der Waals surface area (Å²) in [7, 11) is 0. The lowest BCUT2D eigenvalue weighted by Crippen LogP contribution is -2.27. The normalized spacial score (nSPS) is 16.4. The number of anilines is 1. The van der Waals surface area contributed by atoms with Crippen LogP contribution in [0.2, 0.25) is 0 Å². The molecule has 1 aromatic rings. The maximum absolute atomic E-state index is 3.63. The molecule has 1 aliphatic carbocycles. The van der Waals surface area contributed by atoms with E-state index in [4.69, 9.17) is 0 Å². The van der Waals surface area contributed by atoms with Crippen LogP contribution in [0.1, 0.15) is 38.2 Å². The van der Waals surface area contributed by atoms with Gasteiger partial charge in [0.1, 0.15) is 0 Å². The molecule has 0 bridgehead atoms. The summed E-state index contributed by atoms with van der Waals surface area (Å²) in [6.07, 6.45) is 6.51. The van der Waals surface area contributed by atoms with E-state index in [0.29, 0.717) is 0 Å². The molecule has 0 aliphatic heterocycles. The fraction of sp³-hybridized carbons (Fsp3) is 0.538. The fourth-order valence-electron chi connectivity index (χ4n) is 1.92. The summed E-state index contributed by atoms with van der Waals surface area (Å²) in [5.41, 5.74) is 2.83. The van der Waals surface area contributed by atoms with Crippen molar-refractivity contribution in [2.45, 2.75) is 45.1 Å². The zero-order valence-corrected chi connectivity index (χ0v) is 8.92. The van der Waals surface area contributed by atoms with Gasteiger partial charge in [0, 0.05) is 11.7 Å². The lowest BCUT2D eigenvalue weighted by molar-refractivity contribution is 0.445. The average molecular weight is 189 g/mol. The van der Waals surface area contributed by atoms with Gasteiger partial charge in [-0.05, 0) is 37.3 Å². The summed E-state index contributed by atoms with van der Waals surface area (Å²) in [6, 6.07) is 9.46. The predicted molar refractivity (Wildman–Crippen MR) is 61.7 cm³/mol. The highest BCUT2D eigenvalue weighted by molar-refractivity contribution is 5.52. The van der Waals surface area contributed by atoms with E-state index >= 15 is 0 Å². The highest BCUT2D eigenvalue weighted by Crippen LogP contribution is 2.25. The second-order valence-electron chi connectivity index (χ2n) is 4.18. The van der Waals surface area contributed by atoms with Gasteiger partial charge in [-0.1, -0.05) is 31.5 Å². The van der Waals surface area contributed by atoms with Crippen molar-refractivity contribution < 1.29 is 0 Å². The van der Waals surface area contributed by atoms with E-state index in [-0.39, 0.29) is 0 Å². The second-order valence-corrected chi connectivity index (χ2v) is 4.18. The minimum absolute atomic E-state index is 0.744. The molecular formula is C13H19N. The molecule has 0 aromatic heterocycles. The van der Waals surface area contributed by atoms with Gasteiger partial charge in [-0.3, -0.25) is 0 Å². The lowest BCUT2D eigenvalue weighted by atomic mass is 9.92. The quantitative estimate of drug-likeness (QED) is 0.763. The van der Waals surface area contributed by atoms with Crippen LogP contribution < -0.4 is 5.32 Å². The molecule has 1 nitrogen and oxygen atoms in total. The van der Waals surface area contributed by atoms with E-state index in [1.807, 2.05) is 0 Å². The van der Waals surface area contributed by atoms with Gasteiger partial charge in [0.25, 0.3) is 0 Å². The van der Waals surface area contributed by atoms with Crippen LogP contribution >= 0.6 is 0 Å². The van der Waals surface area contributed by atoms with E-state index in [9.17, 15) is 0 Å². The maximum Gasteiger partial charge on any atom is 0.0374 e. The topological polar surface area (TPSA) is 12.0 Å². The summed E-state index contributed by atoms with van der Waals surface area (Å²) in [5.74, 6) is 0. The van der Waals surface area contributed by atoms with Crippen LogP contribution in [0.4, 0.5) is 5.69 Å². The predicted octanol–water partition coefficient (Wildman–Crippen LogP) is 3.60. The van der Waals surface area contributed by atoms with Crippen LogP contribution in [-0.2, 0) is 6.42 Å². The summed E-state index contributed by atoms with van der Waals surface area (Å²) in [4.78, 5) is 0. The number of hydrogen-bond donors (Lipinski definition) is 1. The van der Waals surface area contributed by atoms with Crippen LogP contribution in [0.5, 0.6) is 0 Å². The Kier molecular flexibility index (Phi) is 3.07. The Balaban J connectivity index is 2.05. The molecule has 0 saturated heterocycles. The number of hydrogen-bond acceptors (Lipinski definition) is 1. The van der Waals surface area contributed by atoms with Crippen LogP contribution in [0.3, 0.4) is 0 Å². The molecule has 2 rings (SSSR count). The second kappa shape index (κ2) is 4.50. The average Bonchev–Trinajstić information content (AvgIpc) is 2.14. The standard InChI is InChI=1S/C13H19N/c1-2-6-11-7-3-4-10-13(11)14-12-8-5-9-12/h3-4,7,10,12,14H,2,5-6,8-9H2,1H3. The molecule has 1 aliphatic rings. The Morgan fingerprint density at radius 2 is 2.07 bits per heavy atom. The Labute approximate surface area is 86.5 Å². The Morgan fingerprint density at radius 3 is 2.71 bits per heavy atom. The summed E-state index contributed by atoms with van der Waals surface area (Å²) >= 11 is 0. The number of rotatable bonds is 4. The van der Waals surface area contributed by atoms with Crippen molar-refractivity contribution in [3.05, 3.63) is 29.8 Å². The van der Waals surface area contributed by atoms with Crippen LogP contribution in [0, 0.1) is 0 Å². The fourth-order valence-corrected chi connectivity index (χ4v) is 1.92. The first kappa shape index (κ1) is 9.57. The van der Waals surface area contributed by atoms with Gasteiger partial charge >= 0.3 is 0 Å². The molecule has 1 aromatic carbocycles. The van der Waals surface area contributed by atoms with Crippen LogP contribution in [-0.4, -0.2) is 6.04 Å². The van der Waals surface area contributed by atoms with Crippen molar-refractivity contribution in [3.63, 3.8) is 0 Å². The molecule has 1 heteroatoms. The molecular weight excluding hydrogens is 170 g/mol. The van der Waals surface area contributed by atoms with Gasteiger partial charge in [-0.2, -0.15) is 0 Å². The van der Waals surface area contributed by atoms with Gasteiger partial charge in [0.2, 0.25) is 0 Å². The molecule has 0 heterocycles. The van der Waals surface area contributed by atoms with Gasteiger partial charge in [0.05, 0.1) is 0 Å². The number of benzene rings is 1. The van der Waals surface area contributed by atoms with Crippen molar-refractivity contribution in [1.82, 2.24) is 0 Å². The van der Waals surface area contributed by atoms with E-state index in [2.05, 4.69) is 36.5 Å². The van der Waals surface area contributed by atoms with Crippen molar-refractivity contribution in [3.8, 4) is 0 Å². The molecule has 0 amide bonds. The highest BCUT2D eigenvalue weighted by atomic mass is 14.9. The summed E-state index contributed by atoms with van der Waals surface area (Å²) in [6.45, 7) is 2.24. The molecule has 0 radical (unpaired) electrons. The first-order valence-corrected chi connectivity index (χ1v) is 5.74. The third-order valence-corrected chi connectivity index (χ3v) is 3.00. The smallest absolute Gasteiger partial charge is 0.0374 e. The molecule has 1 N–H and O–H groups in total. The molecule has 0 unspecified atom stereocenters. The van der Waals surface area contributed by atoms with E-state index in [0.717, 1.165) is 6.04 Å². The Hall–Kier alpha value is -0.980.